The highest BCUT2D eigenvalue weighted by Crippen LogP contribution is 2.42. The predicted molar refractivity (Wildman–Crippen MR) is 102 cm³/mol. The summed E-state index contributed by atoms with van der Waals surface area (Å²) in [6.45, 7) is 7.34. The fraction of sp³-hybridized carbons (Fsp3) is 0.200. The number of amides is 1. The lowest BCUT2D eigenvalue weighted by Gasteiger charge is -2.09. The fourth-order valence-corrected chi connectivity index (χ4v) is 3.07. The van der Waals surface area contributed by atoms with Gasteiger partial charge in [-0.25, -0.2) is 4.99 Å². The van der Waals surface area contributed by atoms with Gasteiger partial charge in [-0.3, -0.25) is 4.79 Å². The van der Waals surface area contributed by atoms with E-state index in [1.54, 1.807) is 6.92 Å². The Morgan fingerprint density at radius 2 is 1.80 bits per heavy atom. The Labute approximate surface area is 146 Å². The first-order valence-electron chi connectivity index (χ1n) is 8.06. The third-order valence-corrected chi connectivity index (χ3v) is 4.25. The number of nitrogens with one attached hydrogen (secondary N) is 1. The molecule has 0 saturated carbocycles. The maximum atomic E-state index is 12.5. The number of carbonyl (C=O) groups excluding carboxylic acids is 1. The minimum absolute atomic E-state index is 0.171. The van der Waals surface area contributed by atoms with E-state index < -0.39 is 0 Å². The molecule has 0 unspecified atom stereocenters. The van der Waals surface area contributed by atoms with Crippen LogP contribution in [0.1, 0.15) is 34.7 Å². The molecule has 0 saturated heterocycles. The van der Waals surface area contributed by atoms with E-state index >= 15 is 0 Å². The van der Waals surface area contributed by atoms with Crippen LogP contribution in [0, 0.1) is 20.8 Å². The maximum absolute atomic E-state index is 12.5. The van der Waals surface area contributed by atoms with Gasteiger partial charge in [0.15, 0.2) is 0 Å². The van der Waals surface area contributed by atoms with E-state index in [0.717, 1.165) is 33.5 Å². The fourth-order valence-electron chi connectivity index (χ4n) is 3.07. The van der Waals surface area contributed by atoms with E-state index in [-0.39, 0.29) is 11.7 Å². The average molecular weight is 335 g/mol. The SMILES string of the molecule is CC(N)=Nc1c(C)ccc2c1/C(=C/c1cc(C)c(O)c(C)c1)C(=O)N2. The second-order valence-electron chi connectivity index (χ2n) is 6.42. The summed E-state index contributed by atoms with van der Waals surface area (Å²) >= 11 is 0. The quantitative estimate of drug-likeness (QED) is 0.443. The molecule has 0 aromatic heterocycles. The Bertz CT molecular complexity index is 929. The summed E-state index contributed by atoms with van der Waals surface area (Å²) in [5.74, 6) is 0.542. The number of benzene rings is 2. The monoisotopic (exact) mass is 335 g/mol. The molecule has 0 radical (unpaired) electrons. The molecule has 128 valence electrons. The number of phenolic OH excluding ortho intramolecular Hbond substituents is 1. The first-order chi connectivity index (χ1) is 11.8. The summed E-state index contributed by atoms with van der Waals surface area (Å²) in [4.78, 5) is 16.9. The van der Waals surface area contributed by atoms with Gasteiger partial charge < -0.3 is 16.2 Å². The minimum Gasteiger partial charge on any atom is -0.507 e. The van der Waals surface area contributed by atoms with Crippen LogP contribution in [-0.2, 0) is 4.79 Å². The summed E-state index contributed by atoms with van der Waals surface area (Å²) < 4.78 is 0. The van der Waals surface area contributed by atoms with E-state index in [2.05, 4.69) is 10.3 Å². The van der Waals surface area contributed by atoms with E-state index in [4.69, 9.17) is 5.73 Å². The number of phenols is 1. The number of hydrogen-bond donors (Lipinski definition) is 3. The minimum atomic E-state index is -0.171. The molecule has 1 aliphatic rings. The number of fused-ring (bicyclic) bond motifs is 1. The van der Waals surface area contributed by atoms with Gasteiger partial charge in [-0.05, 0) is 74.2 Å². The lowest BCUT2D eigenvalue weighted by molar-refractivity contribution is -0.110. The van der Waals surface area contributed by atoms with Crippen molar-refractivity contribution >= 4 is 34.8 Å². The summed E-state index contributed by atoms with van der Waals surface area (Å²) in [6.07, 6.45) is 1.82. The van der Waals surface area contributed by atoms with Crippen LogP contribution in [0.2, 0.25) is 0 Å². The van der Waals surface area contributed by atoms with E-state index in [1.165, 1.54) is 0 Å². The van der Waals surface area contributed by atoms with Crippen LogP contribution in [-0.4, -0.2) is 16.8 Å². The molecule has 0 aliphatic carbocycles. The number of rotatable bonds is 2. The zero-order valence-electron chi connectivity index (χ0n) is 14.8. The van der Waals surface area contributed by atoms with Gasteiger partial charge in [-0.15, -0.1) is 0 Å². The molecule has 0 spiro atoms. The van der Waals surface area contributed by atoms with Gasteiger partial charge in [0.2, 0.25) is 0 Å². The smallest absolute Gasteiger partial charge is 0.256 e. The highest BCUT2D eigenvalue weighted by Gasteiger charge is 2.28. The second-order valence-corrected chi connectivity index (χ2v) is 6.42. The van der Waals surface area contributed by atoms with E-state index in [0.29, 0.717) is 17.1 Å². The molecule has 5 heteroatoms. The van der Waals surface area contributed by atoms with Crippen LogP contribution < -0.4 is 11.1 Å². The van der Waals surface area contributed by atoms with Crippen molar-refractivity contribution in [1.29, 1.82) is 0 Å². The Morgan fingerprint density at radius 3 is 2.40 bits per heavy atom. The van der Waals surface area contributed by atoms with Gasteiger partial charge in [0.1, 0.15) is 5.75 Å². The maximum Gasteiger partial charge on any atom is 0.256 e. The van der Waals surface area contributed by atoms with Crippen LogP contribution >= 0.6 is 0 Å². The first kappa shape index (κ1) is 16.8. The van der Waals surface area contributed by atoms with Crippen LogP contribution in [0.5, 0.6) is 5.75 Å². The summed E-state index contributed by atoms with van der Waals surface area (Å²) in [7, 11) is 0. The van der Waals surface area contributed by atoms with Crippen LogP contribution in [0.15, 0.2) is 29.3 Å². The number of nitrogens with two attached hydrogens (primary N) is 1. The van der Waals surface area contributed by atoms with Gasteiger partial charge in [0.05, 0.1) is 22.8 Å². The van der Waals surface area contributed by atoms with Crippen molar-refractivity contribution in [1.82, 2.24) is 0 Å². The van der Waals surface area contributed by atoms with Gasteiger partial charge in [0, 0.05) is 5.56 Å². The molecule has 2 aromatic carbocycles. The lowest BCUT2D eigenvalue weighted by Crippen LogP contribution is -2.05. The highest BCUT2D eigenvalue weighted by molar-refractivity contribution is 6.36. The predicted octanol–water partition coefficient (Wildman–Crippen LogP) is 3.82. The standard InChI is InChI=1S/C20H21N3O2/c1-10-5-6-16-17(18(10)22-13(4)21)15(20(25)23-16)9-14-7-11(2)19(24)12(3)8-14/h5-9,24H,1-4H3,(H2,21,22)(H,23,25)/b15-9-. The number of aryl methyl sites for hydroxylation is 3. The lowest BCUT2D eigenvalue weighted by atomic mass is 9.98. The molecule has 1 amide bonds. The molecule has 5 nitrogen and oxygen atoms in total. The number of anilines is 1. The van der Waals surface area contributed by atoms with Crippen molar-refractivity contribution in [2.24, 2.45) is 10.7 Å². The first-order valence-corrected chi connectivity index (χ1v) is 8.06. The zero-order valence-corrected chi connectivity index (χ0v) is 14.8. The number of hydrogen-bond acceptors (Lipinski definition) is 3. The molecule has 3 rings (SSSR count). The average Bonchev–Trinajstić information content (AvgIpc) is 2.84. The van der Waals surface area contributed by atoms with Gasteiger partial charge in [-0.2, -0.15) is 0 Å². The van der Waals surface area contributed by atoms with Crippen LogP contribution in [0.3, 0.4) is 0 Å². The molecule has 4 N–H and O–H groups in total. The topological polar surface area (TPSA) is 87.7 Å². The number of amidine groups is 1. The van der Waals surface area contributed by atoms with Crippen molar-refractivity contribution in [3.63, 3.8) is 0 Å². The molecule has 2 aromatic rings. The van der Waals surface area contributed by atoms with Crippen molar-refractivity contribution in [2.45, 2.75) is 27.7 Å². The van der Waals surface area contributed by atoms with Crippen LogP contribution in [0.4, 0.5) is 11.4 Å². The van der Waals surface area contributed by atoms with E-state index in [1.807, 2.05) is 51.1 Å². The van der Waals surface area contributed by atoms with Crippen molar-refractivity contribution in [3.05, 3.63) is 52.1 Å². The Kier molecular flexibility index (Phi) is 4.08. The molecule has 0 atom stereocenters. The largest absolute Gasteiger partial charge is 0.507 e. The zero-order chi connectivity index (χ0) is 18.3. The summed E-state index contributed by atoms with van der Waals surface area (Å²) in [5.41, 5.74) is 11.9. The molecule has 25 heavy (non-hydrogen) atoms. The third-order valence-electron chi connectivity index (χ3n) is 4.25. The summed E-state index contributed by atoms with van der Waals surface area (Å²) in [5, 5.41) is 12.8. The molecule has 0 bridgehead atoms. The van der Waals surface area contributed by atoms with Gasteiger partial charge in [-0.1, -0.05) is 6.07 Å². The van der Waals surface area contributed by atoms with Crippen molar-refractivity contribution in [3.8, 4) is 5.75 Å². The molecule has 0 fully saturated rings. The molecule has 1 heterocycles. The number of aromatic hydroxyl groups is 1. The van der Waals surface area contributed by atoms with Crippen molar-refractivity contribution in [2.75, 3.05) is 5.32 Å². The normalized spacial score (nSPS) is 15.4. The third kappa shape index (κ3) is 3.01. The van der Waals surface area contributed by atoms with Gasteiger partial charge >= 0.3 is 0 Å². The molecule has 1 aliphatic heterocycles. The molecular weight excluding hydrogens is 314 g/mol. The number of nitrogens with zero attached hydrogens (tertiary/aromatic N) is 1. The van der Waals surface area contributed by atoms with Crippen LogP contribution in [0.25, 0.3) is 11.6 Å². The van der Waals surface area contributed by atoms with Crippen molar-refractivity contribution < 1.29 is 9.90 Å². The highest BCUT2D eigenvalue weighted by atomic mass is 16.3. The Hall–Kier alpha value is -3.08. The Balaban J connectivity index is 2.23. The number of carbonyl (C=O) groups is 1. The van der Waals surface area contributed by atoms with E-state index in [9.17, 15) is 9.90 Å². The summed E-state index contributed by atoms with van der Waals surface area (Å²) in [6, 6.07) is 7.50. The second kappa shape index (κ2) is 6.09. The molecular formula is C20H21N3O2. The Morgan fingerprint density at radius 1 is 1.16 bits per heavy atom. The number of aliphatic imine (C=N–C) groups is 1. The van der Waals surface area contributed by atoms with Gasteiger partial charge in [0.25, 0.3) is 5.91 Å².